The van der Waals surface area contributed by atoms with E-state index in [-0.39, 0.29) is 11.7 Å². The first-order chi connectivity index (χ1) is 9.06. The zero-order valence-corrected chi connectivity index (χ0v) is 13.2. The van der Waals surface area contributed by atoms with Gasteiger partial charge in [-0.1, -0.05) is 23.1 Å². The molecule has 2 heterocycles. The van der Waals surface area contributed by atoms with Crippen LogP contribution in [0.2, 0.25) is 0 Å². The Morgan fingerprint density at radius 3 is 2.89 bits per heavy atom. The van der Waals surface area contributed by atoms with E-state index in [0.717, 1.165) is 27.6 Å². The quantitative estimate of drug-likeness (QED) is 0.612. The van der Waals surface area contributed by atoms with E-state index in [1.165, 1.54) is 11.3 Å². The van der Waals surface area contributed by atoms with Crippen LogP contribution in [0.15, 0.2) is 20.3 Å². The van der Waals surface area contributed by atoms with E-state index >= 15 is 0 Å². The molecule has 0 atom stereocenters. The fourth-order valence-electron chi connectivity index (χ4n) is 1.05. The number of amides is 1. The monoisotopic (exact) mass is 379 g/mol. The molecule has 0 aliphatic carbocycles. The third-order valence-corrected chi connectivity index (χ3v) is 5.56. The second kappa shape index (κ2) is 6.46. The maximum absolute atomic E-state index is 11.9. The molecule has 0 fully saturated rings. The van der Waals surface area contributed by atoms with Crippen LogP contribution in [0, 0.1) is 0 Å². The maximum atomic E-state index is 11.9. The summed E-state index contributed by atoms with van der Waals surface area (Å²) in [6.45, 7) is 0. The number of nitrogens with one attached hydrogen (secondary N) is 1. The molecule has 2 aromatic heterocycles. The summed E-state index contributed by atoms with van der Waals surface area (Å²) in [4.78, 5) is 22.8. The van der Waals surface area contributed by atoms with Gasteiger partial charge in [0.05, 0.1) is 5.75 Å². The van der Waals surface area contributed by atoms with Crippen molar-refractivity contribution in [1.82, 2.24) is 10.2 Å². The number of halogens is 1. The van der Waals surface area contributed by atoms with E-state index in [1.54, 1.807) is 11.4 Å². The molecule has 10 heteroatoms. The largest absolute Gasteiger partial charge is 0.481 e. The summed E-state index contributed by atoms with van der Waals surface area (Å²) in [6, 6.07) is 1.79. The van der Waals surface area contributed by atoms with Gasteiger partial charge in [-0.25, -0.2) is 0 Å². The van der Waals surface area contributed by atoms with Crippen molar-refractivity contribution >= 4 is 67.4 Å². The van der Waals surface area contributed by atoms with E-state index < -0.39 is 5.97 Å². The van der Waals surface area contributed by atoms with Gasteiger partial charge in [-0.3, -0.25) is 14.9 Å². The summed E-state index contributed by atoms with van der Waals surface area (Å²) >= 11 is 6.79. The predicted octanol–water partition coefficient (Wildman–Crippen LogP) is 2.79. The molecule has 6 nitrogen and oxygen atoms in total. The number of nitrogens with zero attached hydrogens (tertiary/aromatic N) is 2. The number of thioether (sulfide) groups is 1. The number of thiophene rings is 1. The van der Waals surface area contributed by atoms with Gasteiger partial charge >= 0.3 is 5.97 Å². The van der Waals surface area contributed by atoms with E-state index in [1.807, 2.05) is 0 Å². The van der Waals surface area contributed by atoms with Crippen molar-refractivity contribution in [1.29, 1.82) is 0 Å². The van der Waals surface area contributed by atoms with E-state index in [4.69, 9.17) is 5.11 Å². The van der Waals surface area contributed by atoms with Crippen LogP contribution in [0.1, 0.15) is 9.67 Å². The van der Waals surface area contributed by atoms with Gasteiger partial charge in [0.2, 0.25) is 5.13 Å². The number of rotatable bonds is 5. The number of carbonyl (C=O) groups excluding carboxylic acids is 1. The summed E-state index contributed by atoms with van der Waals surface area (Å²) < 4.78 is 1.22. The van der Waals surface area contributed by atoms with E-state index in [0.29, 0.717) is 14.3 Å². The van der Waals surface area contributed by atoms with Crippen molar-refractivity contribution in [3.63, 3.8) is 0 Å². The first kappa shape index (κ1) is 14.4. The van der Waals surface area contributed by atoms with Gasteiger partial charge in [0.1, 0.15) is 4.88 Å². The van der Waals surface area contributed by atoms with Crippen LogP contribution in [0.3, 0.4) is 0 Å². The summed E-state index contributed by atoms with van der Waals surface area (Å²) in [6.07, 6.45) is 0. The second-order valence-electron chi connectivity index (χ2n) is 3.11. The summed E-state index contributed by atoms with van der Waals surface area (Å²) in [5.41, 5.74) is 0. The predicted molar refractivity (Wildman–Crippen MR) is 78.2 cm³/mol. The van der Waals surface area contributed by atoms with Gasteiger partial charge in [0.15, 0.2) is 4.34 Å². The lowest BCUT2D eigenvalue weighted by molar-refractivity contribution is -0.133. The van der Waals surface area contributed by atoms with Gasteiger partial charge < -0.3 is 5.11 Å². The van der Waals surface area contributed by atoms with Crippen molar-refractivity contribution in [3.8, 4) is 0 Å². The van der Waals surface area contributed by atoms with Gasteiger partial charge in [-0.05, 0) is 27.4 Å². The molecule has 0 spiro atoms. The fraction of sp³-hybridized carbons (Fsp3) is 0.111. The highest BCUT2D eigenvalue weighted by Gasteiger charge is 2.14. The average Bonchev–Trinajstić information content (AvgIpc) is 2.95. The molecule has 2 rings (SSSR count). The number of hydrogen-bond acceptors (Lipinski definition) is 7. The number of aliphatic carboxylic acids is 1. The molecule has 2 N–H and O–H groups in total. The van der Waals surface area contributed by atoms with Crippen molar-refractivity contribution in [2.45, 2.75) is 4.34 Å². The van der Waals surface area contributed by atoms with Crippen molar-refractivity contribution in [3.05, 3.63) is 20.8 Å². The second-order valence-corrected chi connectivity index (χ2v) is 7.08. The van der Waals surface area contributed by atoms with Crippen LogP contribution in [0.25, 0.3) is 0 Å². The smallest absolute Gasteiger partial charge is 0.313 e. The van der Waals surface area contributed by atoms with Gasteiger partial charge in [-0.2, -0.15) is 0 Å². The van der Waals surface area contributed by atoms with Crippen molar-refractivity contribution in [2.75, 3.05) is 11.1 Å². The van der Waals surface area contributed by atoms with Gasteiger partial charge in [0, 0.05) is 4.47 Å². The molecule has 2 aromatic rings. The molecule has 0 radical (unpaired) electrons. The number of carboxylic acids is 1. The molecule has 0 aromatic carbocycles. The minimum Gasteiger partial charge on any atom is -0.481 e. The molecule has 0 aliphatic rings. The Morgan fingerprint density at radius 2 is 2.26 bits per heavy atom. The van der Waals surface area contributed by atoms with Gasteiger partial charge in [-0.15, -0.1) is 21.5 Å². The van der Waals surface area contributed by atoms with Crippen molar-refractivity contribution < 1.29 is 14.7 Å². The number of hydrogen-bond donors (Lipinski definition) is 2. The molecule has 0 aliphatic heterocycles. The molecule has 19 heavy (non-hydrogen) atoms. The van der Waals surface area contributed by atoms with Crippen LogP contribution in [0.4, 0.5) is 5.13 Å². The number of carbonyl (C=O) groups is 2. The standard InChI is InChI=1S/C9H6BrN3O3S3/c10-4-1-2-17-6(4)7(16)11-8-12-13-9(19-8)18-3-5(14)15/h1-2H,3H2,(H,14,15)(H,11,12,16). The average molecular weight is 380 g/mol. The van der Waals surface area contributed by atoms with Crippen LogP contribution in [-0.4, -0.2) is 32.9 Å². The van der Waals surface area contributed by atoms with Gasteiger partial charge in [0.25, 0.3) is 5.91 Å². The first-order valence-electron chi connectivity index (χ1n) is 4.78. The third-order valence-electron chi connectivity index (χ3n) is 1.77. The van der Waals surface area contributed by atoms with E-state index in [9.17, 15) is 9.59 Å². The van der Waals surface area contributed by atoms with E-state index in [2.05, 4.69) is 31.4 Å². The summed E-state index contributed by atoms with van der Waals surface area (Å²) in [5, 5.41) is 20.9. The fourth-order valence-corrected chi connectivity index (χ4v) is 3.97. The molecule has 100 valence electrons. The third kappa shape index (κ3) is 4.00. The Kier molecular flexibility index (Phi) is 4.91. The molecule has 0 bridgehead atoms. The lowest BCUT2D eigenvalue weighted by Gasteiger charge is -1.97. The van der Waals surface area contributed by atoms with Crippen LogP contribution < -0.4 is 5.32 Å². The topological polar surface area (TPSA) is 92.2 Å². The first-order valence-corrected chi connectivity index (χ1v) is 8.26. The normalized spacial score (nSPS) is 10.4. The Hall–Kier alpha value is -0.970. The Labute approximate surface area is 128 Å². The molecular formula is C9H6BrN3O3S3. The lowest BCUT2D eigenvalue weighted by Crippen LogP contribution is -2.10. The molecule has 0 saturated carbocycles. The highest BCUT2D eigenvalue weighted by atomic mass is 79.9. The zero-order chi connectivity index (χ0) is 13.8. The molecule has 1 amide bonds. The van der Waals surface area contributed by atoms with Crippen LogP contribution in [-0.2, 0) is 4.79 Å². The number of aromatic nitrogens is 2. The lowest BCUT2D eigenvalue weighted by atomic mass is 10.4. The summed E-state index contributed by atoms with van der Waals surface area (Å²) in [5.74, 6) is -1.28. The maximum Gasteiger partial charge on any atom is 0.313 e. The Morgan fingerprint density at radius 1 is 1.47 bits per heavy atom. The Balaban J connectivity index is 1.98. The molecule has 0 unspecified atom stereocenters. The Bertz CT molecular complexity index is 613. The molecule has 0 saturated heterocycles. The van der Waals surface area contributed by atoms with Crippen molar-refractivity contribution in [2.24, 2.45) is 0 Å². The highest BCUT2D eigenvalue weighted by molar-refractivity contribution is 9.10. The minimum atomic E-state index is -0.923. The minimum absolute atomic E-state index is 0.0843. The number of anilines is 1. The van der Waals surface area contributed by atoms with Crippen LogP contribution >= 0.6 is 50.4 Å². The molecular weight excluding hydrogens is 374 g/mol. The van der Waals surface area contributed by atoms with Crippen LogP contribution in [0.5, 0.6) is 0 Å². The number of carboxylic acid groups (broad SMARTS) is 1. The SMILES string of the molecule is O=C(O)CSc1nnc(NC(=O)c2sccc2Br)s1. The zero-order valence-electron chi connectivity index (χ0n) is 9.12. The summed E-state index contributed by atoms with van der Waals surface area (Å²) in [7, 11) is 0. The highest BCUT2D eigenvalue weighted by Crippen LogP contribution is 2.27.